The molecule has 0 bridgehead atoms. The van der Waals surface area contributed by atoms with E-state index in [2.05, 4.69) is 15.3 Å². The number of ether oxygens (including phenoxy) is 1. The maximum Gasteiger partial charge on any atom is 0.189 e. The Balaban J connectivity index is 2.04. The van der Waals surface area contributed by atoms with Crippen LogP contribution in [0.4, 0.5) is 10.2 Å². The number of aliphatic hydroxyl groups excluding tert-OH is 1. The molecule has 0 saturated heterocycles. The van der Waals surface area contributed by atoms with Crippen molar-refractivity contribution in [3.63, 3.8) is 0 Å². The second-order valence-corrected chi connectivity index (χ2v) is 5.62. The Morgan fingerprint density at radius 2 is 2.23 bits per heavy atom. The van der Waals surface area contributed by atoms with Crippen molar-refractivity contribution in [2.24, 2.45) is 0 Å². The van der Waals surface area contributed by atoms with Gasteiger partial charge in [-0.05, 0) is 19.1 Å². The van der Waals surface area contributed by atoms with Crippen LogP contribution >= 0.6 is 11.8 Å². The van der Waals surface area contributed by atoms with E-state index < -0.39 is 0 Å². The van der Waals surface area contributed by atoms with Crippen LogP contribution in [0.3, 0.4) is 0 Å². The van der Waals surface area contributed by atoms with Gasteiger partial charge in [0.15, 0.2) is 16.7 Å². The summed E-state index contributed by atoms with van der Waals surface area (Å²) in [6.45, 7) is 1.86. The van der Waals surface area contributed by atoms with Crippen molar-refractivity contribution in [1.82, 2.24) is 9.97 Å². The van der Waals surface area contributed by atoms with E-state index >= 15 is 0 Å². The summed E-state index contributed by atoms with van der Waals surface area (Å²) in [6, 6.07) is 6.67. The highest BCUT2D eigenvalue weighted by Crippen LogP contribution is 2.26. The highest BCUT2D eigenvalue weighted by Gasteiger charge is 2.10. The maximum absolute atomic E-state index is 14.1. The first-order valence-corrected chi connectivity index (χ1v) is 7.77. The zero-order valence-corrected chi connectivity index (χ0v) is 13.2. The van der Waals surface area contributed by atoms with Gasteiger partial charge in [0.05, 0.1) is 13.7 Å². The minimum atomic E-state index is -0.360. The van der Waals surface area contributed by atoms with Crippen molar-refractivity contribution in [3.8, 4) is 5.75 Å². The van der Waals surface area contributed by atoms with Crippen LogP contribution in [0.1, 0.15) is 12.5 Å². The van der Waals surface area contributed by atoms with Gasteiger partial charge in [0.2, 0.25) is 0 Å². The van der Waals surface area contributed by atoms with Crippen LogP contribution in [0, 0.1) is 5.82 Å². The molecule has 2 N–H and O–H groups in total. The Labute approximate surface area is 132 Å². The molecule has 0 unspecified atom stereocenters. The van der Waals surface area contributed by atoms with Crippen LogP contribution in [0.15, 0.2) is 35.6 Å². The van der Waals surface area contributed by atoms with Gasteiger partial charge in [-0.3, -0.25) is 0 Å². The maximum atomic E-state index is 14.1. The Kier molecular flexibility index (Phi) is 5.97. The van der Waals surface area contributed by atoms with Crippen molar-refractivity contribution in [3.05, 3.63) is 41.8 Å². The lowest BCUT2D eigenvalue weighted by molar-refractivity contribution is 0.281. The smallest absolute Gasteiger partial charge is 0.189 e. The molecule has 1 heterocycles. The molecule has 1 aromatic heterocycles. The Morgan fingerprint density at radius 1 is 1.41 bits per heavy atom. The zero-order valence-electron chi connectivity index (χ0n) is 12.4. The Bertz CT molecular complexity index is 627. The minimum absolute atomic E-state index is 0.0154. The molecule has 1 aromatic carbocycles. The van der Waals surface area contributed by atoms with Crippen LogP contribution in [0.5, 0.6) is 5.75 Å². The fraction of sp³-hybridized carbons (Fsp3) is 0.333. The van der Waals surface area contributed by atoms with Crippen molar-refractivity contribution in [2.75, 3.05) is 19.0 Å². The summed E-state index contributed by atoms with van der Waals surface area (Å²) in [7, 11) is 1.44. The normalized spacial score (nSPS) is 12.0. The molecule has 2 rings (SSSR count). The molecule has 0 amide bonds. The fourth-order valence-corrected chi connectivity index (χ4v) is 2.56. The molecule has 0 aliphatic heterocycles. The summed E-state index contributed by atoms with van der Waals surface area (Å²) in [5.41, 5.74) is 0.537. The lowest BCUT2D eigenvalue weighted by Gasteiger charge is -2.11. The van der Waals surface area contributed by atoms with E-state index in [0.29, 0.717) is 22.3 Å². The van der Waals surface area contributed by atoms with Crippen molar-refractivity contribution in [1.29, 1.82) is 0 Å². The molecule has 0 saturated carbocycles. The van der Waals surface area contributed by atoms with Gasteiger partial charge in [-0.2, -0.15) is 0 Å². The topological polar surface area (TPSA) is 67.3 Å². The first-order chi connectivity index (χ1) is 10.6. The largest absolute Gasteiger partial charge is 0.494 e. The van der Waals surface area contributed by atoms with Gasteiger partial charge in [0, 0.05) is 23.6 Å². The van der Waals surface area contributed by atoms with E-state index in [4.69, 9.17) is 9.84 Å². The van der Waals surface area contributed by atoms with E-state index in [0.717, 1.165) is 0 Å². The second kappa shape index (κ2) is 7.95. The van der Waals surface area contributed by atoms with Crippen molar-refractivity contribution in [2.45, 2.75) is 23.9 Å². The fourth-order valence-electron chi connectivity index (χ4n) is 1.76. The molecule has 22 heavy (non-hydrogen) atoms. The van der Waals surface area contributed by atoms with Crippen LogP contribution < -0.4 is 10.1 Å². The average molecular weight is 323 g/mol. The number of nitrogens with zero attached hydrogens (tertiary/aromatic N) is 2. The standard InChI is InChI=1S/C15H18FN3O2S/c1-10(8-20)18-13-6-7-17-15(19-13)22-9-11-4-3-5-12(21-2)14(11)16/h3-7,10,20H,8-9H2,1-2H3,(H,17,18,19)/t10-/m1/s1. The lowest BCUT2D eigenvalue weighted by atomic mass is 10.2. The van der Waals surface area contributed by atoms with E-state index in [-0.39, 0.29) is 24.2 Å². The number of aromatic nitrogens is 2. The summed E-state index contributed by atoms with van der Waals surface area (Å²) >= 11 is 1.34. The zero-order chi connectivity index (χ0) is 15.9. The highest BCUT2D eigenvalue weighted by atomic mass is 32.2. The molecule has 0 aliphatic rings. The van der Waals surface area contributed by atoms with E-state index in [1.54, 1.807) is 30.5 Å². The molecule has 118 valence electrons. The molecule has 0 radical (unpaired) electrons. The number of hydrogen-bond donors (Lipinski definition) is 2. The molecule has 0 spiro atoms. The molecule has 7 heteroatoms. The number of thioether (sulfide) groups is 1. The number of benzene rings is 1. The molecule has 1 atom stereocenters. The predicted octanol–water partition coefficient (Wildman–Crippen LogP) is 2.71. The number of methoxy groups -OCH3 is 1. The number of rotatable bonds is 7. The van der Waals surface area contributed by atoms with E-state index in [1.165, 1.54) is 18.9 Å². The molecular formula is C15H18FN3O2S. The minimum Gasteiger partial charge on any atom is -0.494 e. The van der Waals surface area contributed by atoms with Gasteiger partial charge >= 0.3 is 0 Å². The number of halogens is 1. The first-order valence-electron chi connectivity index (χ1n) is 6.78. The molecule has 0 aliphatic carbocycles. The Hall–Kier alpha value is -1.86. The van der Waals surface area contributed by atoms with Crippen molar-refractivity contribution < 1.29 is 14.2 Å². The third-order valence-electron chi connectivity index (χ3n) is 2.92. The van der Waals surface area contributed by atoms with Crippen LogP contribution in [0.2, 0.25) is 0 Å². The number of anilines is 1. The van der Waals surface area contributed by atoms with Gasteiger partial charge in [0.25, 0.3) is 0 Å². The summed E-state index contributed by atoms with van der Waals surface area (Å²) in [5, 5.41) is 12.6. The Morgan fingerprint density at radius 3 is 2.95 bits per heavy atom. The SMILES string of the molecule is COc1cccc(CSc2nccc(N[C@H](C)CO)n2)c1F. The molecule has 0 fully saturated rings. The second-order valence-electron chi connectivity index (χ2n) is 4.67. The first kappa shape index (κ1) is 16.5. The number of aliphatic hydroxyl groups is 1. The van der Waals surface area contributed by atoms with Gasteiger partial charge in [-0.15, -0.1) is 0 Å². The molecular weight excluding hydrogens is 305 g/mol. The third-order valence-corrected chi connectivity index (χ3v) is 3.83. The van der Waals surface area contributed by atoms with Crippen LogP contribution in [-0.4, -0.2) is 34.8 Å². The monoisotopic (exact) mass is 323 g/mol. The lowest BCUT2D eigenvalue weighted by Crippen LogP contribution is -2.20. The number of nitrogens with one attached hydrogen (secondary N) is 1. The van der Waals surface area contributed by atoms with Crippen molar-refractivity contribution >= 4 is 17.6 Å². The van der Waals surface area contributed by atoms with Crippen LogP contribution in [-0.2, 0) is 5.75 Å². The molecule has 2 aromatic rings. The highest BCUT2D eigenvalue weighted by molar-refractivity contribution is 7.98. The van der Waals surface area contributed by atoms with Gasteiger partial charge < -0.3 is 15.2 Å². The quantitative estimate of drug-likeness (QED) is 0.603. The van der Waals surface area contributed by atoms with Gasteiger partial charge in [-0.25, -0.2) is 14.4 Å². The summed E-state index contributed by atoms with van der Waals surface area (Å²) < 4.78 is 19.0. The average Bonchev–Trinajstić information content (AvgIpc) is 2.54. The van der Waals surface area contributed by atoms with E-state index in [9.17, 15) is 4.39 Å². The number of hydrogen-bond acceptors (Lipinski definition) is 6. The van der Waals surface area contributed by atoms with Crippen LogP contribution in [0.25, 0.3) is 0 Å². The van der Waals surface area contributed by atoms with Gasteiger partial charge in [-0.1, -0.05) is 23.9 Å². The summed E-state index contributed by atoms with van der Waals surface area (Å²) in [5.74, 6) is 0.902. The third kappa shape index (κ3) is 4.32. The summed E-state index contributed by atoms with van der Waals surface area (Å²) in [4.78, 5) is 8.48. The van der Waals surface area contributed by atoms with Gasteiger partial charge in [0.1, 0.15) is 5.82 Å². The predicted molar refractivity (Wildman–Crippen MR) is 84.7 cm³/mol. The summed E-state index contributed by atoms with van der Waals surface area (Å²) in [6.07, 6.45) is 1.63. The van der Waals surface area contributed by atoms with E-state index in [1.807, 2.05) is 6.92 Å². The molecule has 5 nitrogen and oxygen atoms in total.